The van der Waals surface area contributed by atoms with Crippen LogP contribution in [0.3, 0.4) is 0 Å². The maximum Gasteiger partial charge on any atom is 0.231 e. The molecule has 1 amide bonds. The van der Waals surface area contributed by atoms with Crippen LogP contribution >= 0.6 is 0 Å². The largest absolute Gasteiger partial charge is 0.328 e. The Morgan fingerprint density at radius 3 is 2.77 bits per heavy atom. The number of carbonyl (C=O) groups excluding carboxylic acids is 1. The lowest BCUT2D eigenvalue weighted by Gasteiger charge is -2.37. The van der Waals surface area contributed by atoms with E-state index in [9.17, 15) is 4.79 Å². The van der Waals surface area contributed by atoms with Crippen LogP contribution in [0.4, 0.5) is 5.82 Å². The van der Waals surface area contributed by atoms with Gasteiger partial charge in [0.1, 0.15) is 5.82 Å². The molecule has 1 aromatic rings. The summed E-state index contributed by atoms with van der Waals surface area (Å²) in [7, 11) is 0. The highest BCUT2D eigenvalue weighted by atomic mass is 16.2. The zero-order valence-electron chi connectivity index (χ0n) is 13.2. The first kappa shape index (κ1) is 14.2. The number of fused-ring (bicyclic) bond motifs is 2. The van der Waals surface area contributed by atoms with E-state index in [1.807, 2.05) is 25.1 Å². The molecule has 0 saturated heterocycles. The summed E-state index contributed by atoms with van der Waals surface area (Å²) in [6, 6.07) is 6.12. The molecule has 4 heteroatoms. The molecule has 0 spiro atoms. The fraction of sp³-hybridized carbons (Fsp3) is 0.667. The highest BCUT2D eigenvalue weighted by Gasteiger charge is 2.56. The van der Waals surface area contributed by atoms with Crippen molar-refractivity contribution in [3.63, 3.8) is 0 Å². The van der Waals surface area contributed by atoms with Crippen LogP contribution in [0, 0.1) is 30.1 Å². The molecule has 1 heterocycles. The molecule has 0 aliphatic heterocycles. The molecular weight excluding hydrogens is 274 g/mol. The van der Waals surface area contributed by atoms with E-state index in [0.717, 1.165) is 37.8 Å². The summed E-state index contributed by atoms with van der Waals surface area (Å²) < 4.78 is 0. The second-order valence-electron chi connectivity index (χ2n) is 7.86. The van der Waals surface area contributed by atoms with Crippen LogP contribution in [0.2, 0.25) is 0 Å². The van der Waals surface area contributed by atoms with Crippen molar-refractivity contribution in [1.82, 2.24) is 4.98 Å². The van der Waals surface area contributed by atoms with E-state index < -0.39 is 0 Å². The number of hydrogen-bond acceptors (Lipinski definition) is 3. The average molecular weight is 299 g/mol. The molecule has 3 bridgehead atoms. The van der Waals surface area contributed by atoms with Gasteiger partial charge in [-0.15, -0.1) is 0 Å². The number of amides is 1. The normalized spacial score (nSPS) is 39.5. The van der Waals surface area contributed by atoms with Crippen LogP contribution in [0.1, 0.15) is 44.2 Å². The van der Waals surface area contributed by atoms with Crippen LogP contribution in [0.15, 0.2) is 18.2 Å². The van der Waals surface area contributed by atoms with Gasteiger partial charge in [-0.1, -0.05) is 6.07 Å². The summed E-state index contributed by atoms with van der Waals surface area (Å²) in [6.45, 7) is 1.95. The average Bonchev–Trinajstić information content (AvgIpc) is 2.64. The van der Waals surface area contributed by atoms with Gasteiger partial charge >= 0.3 is 0 Å². The third-order valence-electron chi connectivity index (χ3n) is 6.14. The number of nitrogens with zero attached hydrogens (tertiary/aromatic N) is 1. The summed E-state index contributed by atoms with van der Waals surface area (Å²) in [5.74, 6) is 2.88. The maximum absolute atomic E-state index is 13.0. The van der Waals surface area contributed by atoms with E-state index in [2.05, 4.69) is 10.3 Å². The van der Waals surface area contributed by atoms with Crippen molar-refractivity contribution >= 4 is 11.7 Å². The molecule has 0 aromatic carbocycles. The second kappa shape index (κ2) is 5.05. The Morgan fingerprint density at radius 2 is 2.00 bits per heavy atom. The molecule has 3 aliphatic carbocycles. The van der Waals surface area contributed by atoms with Gasteiger partial charge in [-0.25, -0.2) is 4.98 Å². The third-order valence-corrected chi connectivity index (χ3v) is 6.14. The van der Waals surface area contributed by atoms with Crippen molar-refractivity contribution in [2.45, 2.75) is 51.5 Å². The Hall–Kier alpha value is -1.42. The fourth-order valence-electron chi connectivity index (χ4n) is 5.44. The molecule has 5 atom stereocenters. The van der Waals surface area contributed by atoms with Gasteiger partial charge in [0.25, 0.3) is 0 Å². The standard InChI is InChI=1S/C18H25N3O/c1-11-3-2-4-16(20-11)21-17(22)18-8-12-5-13(9-18)14(10-18)7-15(19)6-12/h2-4,12-15H,5-10,19H2,1H3,(H,20,21,22). The van der Waals surface area contributed by atoms with E-state index >= 15 is 0 Å². The van der Waals surface area contributed by atoms with Crippen molar-refractivity contribution in [2.75, 3.05) is 5.32 Å². The highest BCUT2D eigenvalue weighted by molar-refractivity contribution is 5.95. The molecule has 22 heavy (non-hydrogen) atoms. The first-order chi connectivity index (χ1) is 10.5. The van der Waals surface area contributed by atoms with Gasteiger partial charge in [0, 0.05) is 11.7 Å². The van der Waals surface area contributed by atoms with Crippen molar-refractivity contribution < 1.29 is 4.79 Å². The van der Waals surface area contributed by atoms with Gasteiger partial charge in [-0.3, -0.25) is 4.79 Å². The molecule has 3 saturated carbocycles. The van der Waals surface area contributed by atoms with E-state index in [1.54, 1.807) is 0 Å². The number of aromatic nitrogens is 1. The molecule has 5 unspecified atom stereocenters. The minimum Gasteiger partial charge on any atom is -0.328 e. The Morgan fingerprint density at radius 1 is 1.23 bits per heavy atom. The quantitative estimate of drug-likeness (QED) is 0.882. The molecule has 3 fully saturated rings. The van der Waals surface area contributed by atoms with Gasteiger partial charge < -0.3 is 11.1 Å². The second-order valence-corrected chi connectivity index (χ2v) is 7.86. The monoisotopic (exact) mass is 299 g/mol. The number of anilines is 1. The molecule has 3 aliphatic rings. The molecule has 0 radical (unpaired) electrons. The van der Waals surface area contributed by atoms with Gasteiger partial charge in [-0.2, -0.15) is 0 Å². The molecule has 4 rings (SSSR count). The number of carbonyl (C=O) groups is 1. The molecule has 3 N–H and O–H groups in total. The fourth-order valence-corrected chi connectivity index (χ4v) is 5.44. The van der Waals surface area contributed by atoms with Crippen molar-refractivity contribution in [3.8, 4) is 0 Å². The number of rotatable bonds is 2. The SMILES string of the molecule is Cc1cccc(NC(=O)C23CC4CC(N)CC(C2)C(C4)C3)n1. The van der Waals surface area contributed by atoms with Gasteiger partial charge in [-0.05, 0) is 75.3 Å². The molecular formula is C18H25N3O. The number of pyridine rings is 1. The Bertz CT molecular complexity index is 598. The molecule has 118 valence electrons. The van der Waals surface area contributed by atoms with Crippen molar-refractivity contribution in [2.24, 2.45) is 28.9 Å². The lowest BCUT2D eigenvalue weighted by Crippen LogP contribution is -2.40. The number of nitrogens with two attached hydrogens (primary N) is 1. The van der Waals surface area contributed by atoms with E-state index in [4.69, 9.17) is 5.73 Å². The van der Waals surface area contributed by atoms with E-state index in [0.29, 0.717) is 29.6 Å². The molecule has 1 aromatic heterocycles. The number of nitrogens with one attached hydrogen (secondary N) is 1. The summed E-state index contributed by atoms with van der Waals surface area (Å²) in [6.07, 6.45) is 6.60. The topological polar surface area (TPSA) is 68.0 Å². The summed E-state index contributed by atoms with van der Waals surface area (Å²) in [5.41, 5.74) is 7.03. The Kier molecular flexibility index (Phi) is 3.26. The lowest BCUT2D eigenvalue weighted by molar-refractivity contribution is -0.127. The Balaban J connectivity index is 1.56. The zero-order valence-corrected chi connectivity index (χ0v) is 13.2. The molecule has 4 nitrogen and oxygen atoms in total. The smallest absolute Gasteiger partial charge is 0.231 e. The summed E-state index contributed by atoms with van der Waals surface area (Å²) in [5, 5.41) is 3.09. The van der Waals surface area contributed by atoms with E-state index in [-0.39, 0.29) is 11.3 Å². The first-order valence-electron chi connectivity index (χ1n) is 8.55. The van der Waals surface area contributed by atoms with E-state index in [1.165, 1.54) is 6.42 Å². The van der Waals surface area contributed by atoms with Crippen LogP contribution < -0.4 is 11.1 Å². The summed E-state index contributed by atoms with van der Waals surface area (Å²) in [4.78, 5) is 17.4. The first-order valence-corrected chi connectivity index (χ1v) is 8.55. The predicted octanol–water partition coefficient (Wildman–Crippen LogP) is 2.87. The van der Waals surface area contributed by atoms with Crippen LogP contribution in [0.5, 0.6) is 0 Å². The minimum atomic E-state index is -0.163. The van der Waals surface area contributed by atoms with Crippen molar-refractivity contribution in [1.29, 1.82) is 0 Å². The van der Waals surface area contributed by atoms with Crippen molar-refractivity contribution in [3.05, 3.63) is 23.9 Å². The highest BCUT2D eigenvalue weighted by Crippen LogP contribution is 2.60. The van der Waals surface area contributed by atoms with Crippen LogP contribution in [-0.4, -0.2) is 16.9 Å². The maximum atomic E-state index is 13.0. The third kappa shape index (κ3) is 2.34. The van der Waals surface area contributed by atoms with Gasteiger partial charge in [0.05, 0.1) is 5.41 Å². The Labute approximate surface area is 131 Å². The minimum absolute atomic E-state index is 0.163. The van der Waals surface area contributed by atoms with Crippen LogP contribution in [0.25, 0.3) is 0 Å². The van der Waals surface area contributed by atoms with Gasteiger partial charge in [0.2, 0.25) is 5.91 Å². The number of aryl methyl sites for hydroxylation is 1. The lowest BCUT2D eigenvalue weighted by atomic mass is 9.69. The van der Waals surface area contributed by atoms with Gasteiger partial charge in [0.15, 0.2) is 0 Å². The zero-order chi connectivity index (χ0) is 15.3. The van der Waals surface area contributed by atoms with Crippen LogP contribution in [-0.2, 0) is 4.79 Å². The number of hydrogen-bond donors (Lipinski definition) is 2. The summed E-state index contributed by atoms with van der Waals surface area (Å²) >= 11 is 0. The predicted molar refractivity (Wildman–Crippen MR) is 86.2 cm³/mol.